The zero-order valence-corrected chi connectivity index (χ0v) is 40.0. The van der Waals surface area contributed by atoms with E-state index in [2.05, 4.69) is 82.4 Å². The van der Waals surface area contributed by atoms with E-state index in [4.69, 9.17) is 21.3 Å². The Morgan fingerprint density at radius 2 is 1.19 bits per heavy atom. The minimum absolute atomic E-state index is 0. The second kappa shape index (κ2) is 21.8. The van der Waals surface area contributed by atoms with Crippen LogP contribution in [-0.4, -0.2) is 82.9 Å². The first-order valence-corrected chi connectivity index (χ1v) is 26.3. The maximum atomic E-state index is 13.0. The molecule has 0 atom stereocenters. The van der Waals surface area contributed by atoms with Gasteiger partial charge in [-0.25, -0.2) is 24.8 Å². The average molecular weight is 946 g/mol. The van der Waals surface area contributed by atoms with Gasteiger partial charge in [0.05, 0.1) is 35.9 Å². The molecule has 2 saturated heterocycles. The van der Waals surface area contributed by atoms with Crippen LogP contribution in [0, 0.1) is 29.4 Å². The predicted octanol–water partition coefficient (Wildman–Crippen LogP) is 11.1. The molecule has 15 heteroatoms. The van der Waals surface area contributed by atoms with Gasteiger partial charge in [0, 0.05) is 88.6 Å². The molecule has 0 unspecified atom stereocenters. The third-order valence-corrected chi connectivity index (χ3v) is 13.3. The number of carbonyl (C=O) groups is 1. The summed E-state index contributed by atoms with van der Waals surface area (Å²) < 4.78 is 17.0. The summed E-state index contributed by atoms with van der Waals surface area (Å²) in [7, 11) is -1.21. The third kappa shape index (κ3) is 11.7. The number of ketones is 1. The van der Waals surface area contributed by atoms with Crippen molar-refractivity contribution in [2.75, 3.05) is 36.0 Å². The molecule has 2 spiro atoms. The van der Waals surface area contributed by atoms with Crippen LogP contribution in [-0.2, 0) is 0 Å². The molecule has 352 valence electrons. The number of piperidine rings is 2. The van der Waals surface area contributed by atoms with Gasteiger partial charge in [-0.05, 0) is 109 Å². The molecule has 4 aliphatic rings. The minimum Gasteiger partial charge on any atom is -0.486 e. The topological polar surface area (TPSA) is 170 Å². The number of hydrogen-bond acceptors (Lipinski definition) is 13. The van der Waals surface area contributed by atoms with Crippen LogP contribution in [0.1, 0.15) is 67.4 Å². The number of nitriles is 2. The van der Waals surface area contributed by atoms with Crippen LogP contribution >= 0.6 is 0 Å². The van der Waals surface area contributed by atoms with Crippen LogP contribution in [0.3, 0.4) is 0 Å². The number of nitrogens with zero attached hydrogens (tertiary/aromatic N) is 11. The molecule has 0 saturated carbocycles. The quantitative estimate of drug-likeness (QED) is 0.0697. The SMILES string of the molecule is C.C=C=N[Si](C)(C)C.N#Cc1cccc(-c2ccc3c(c2)C(=O)CC2(CCN(c4ncccn4)CC2)O3)c1.[C-]#[N+]c1cccc(-c2ccc3c(c2)C(=NC#N)CC2(CCN(c4ncccn4)CC2)O3)c1. The first-order valence-electron chi connectivity index (χ1n) is 22.8. The van der Waals surface area contributed by atoms with Gasteiger partial charge in [0.2, 0.25) is 18.1 Å². The van der Waals surface area contributed by atoms with Crippen molar-refractivity contribution in [1.82, 2.24) is 19.9 Å². The fourth-order valence-corrected chi connectivity index (χ4v) is 9.46. The summed E-state index contributed by atoms with van der Waals surface area (Å²) in [6.45, 7) is 20.1. The highest BCUT2D eigenvalue weighted by Crippen LogP contribution is 2.43. The largest absolute Gasteiger partial charge is 0.486 e. The van der Waals surface area contributed by atoms with E-state index in [1.54, 1.807) is 43.0 Å². The molecule has 4 aromatic carbocycles. The third-order valence-electron chi connectivity index (χ3n) is 12.4. The Hall–Kier alpha value is -8.28. The smallest absolute Gasteiger partial charge is 0.225 e. The number of benzene rings is 4. The molecule has 2 fully saturated rings. The van der Waals surface area contributed by atoms with Crippen LogP contribution in [0.2, 0.25) is 19.6 Å². The molecule has 0 bridgehead atoms. The Labute approximate surface area is 411 Å². The van der Waals surface area contributed by atoms with Gasteiger partial charge < -0.3 is 19.3 Å². The van der Waals surface area contributed by atoms with Crippen LogP contribution in [0.25, 0.3) is 27.1 Å². The molecule has 4 aliphatic heterocycles. The van der Waals surface area contributed by atoms with E-state index in [-0.39, 0.29) is 18.8 Å². The Bertz CT molecular complexity index is 3040. The van der Waals surface area contributed by atoms with E-state index in [0.29, 0.717) is 35.4 Å². The first-order chi connectivity index (χ1) is 33.4. The van der Waals surface area contributed by atoms with Crippen LogP contribution < -0.4 is 19.3 Å². The molecule has 0 aliphatic carbocycles. The molecular weight excluding hydrogens is 891 g/mol. The normalized spacial score (nSPS) is 16.5. The molecule has 70 heavy (non-hydrogen) atoms. The number of fused-ring (bicyclic) bond motifs is 2. The van der Waals surface area contributed by atoms with Gasteiger partial charge in [-0.3, -0.25) is 9.45 Å². The lowest BCUT2D eigenvalue weighted by atomic mass is 9.81. The number of aromatic nitrogens is 4. The second-order valence-corrected chi connectivity index (χ2v) is 22.9. The lowest BCUT2D eigenvalue weighted by molar-refractivity contribution is 0.0230. The summed E-state index contributed by atoms with van der Waals surface area (Å²) in [5.41, 5.74) is 6.31. The summed E-state index contributed by atoms with van der Waals surface area (Å²) in [5, 5.41) is 18.5. The molecule has 0 N–H and O–H groups in total. The fraction of sp³-hybridized carbons (Fsp3) is 0.291. The number of carbonyl (C=O) groups excluding carboxylic acids is 1. The second-order valence-electron chi connectivity index (χ2n) is 18.3. The van der Waals surface area contributed by atoms with Crippen LogP contribution in [0.5, 0.6) is 11.5 Å². The van der Waals surface area contributed by atoms with Crippen molar-refractivity contribution in [1.29, 1.82) is 10.5 Å². The van der Waals surface area contributed by atoms with Crippen LogP contribution in [0.4, 0.5) is 17.6 Å². The lowest BCUT2D eigenvalue weighted by Gasteiger charge is -2.44. The van der Waals surface area contributed by atoms with Crippen molar-refractivity contribution in [3.8, 4) is 46.0 Å². The lowest BCUT2D eigenvalue weighted by Crippen LogP contribution is -2.51. The molecule has 14 nitrogen and oxygen atoms in total. The number of ether oxygens (including phenoxy) is 2. The highest BCUT2D eigenvalue weighted by Gasteiger charge is 2.44. The summed E-state index contributed by atoms with van der Waals surface area (Å²) in [6.07, 6.45) is 13.0. The van der Waals surface area contributed by atoms with Gasteiger partial charge in [-0.15, -0.1) is 0 Å². The first kappa shape index (κ1) is 49.6. The molecule has 2 aromatic heterocycles. The van der Waals surface area contributed by atoms with Gasteiger partial charge in [0.15, 0.2) is 19.7 Å². The monoisotopic (exact) mass is 945 g/mol. The van der Waals surface area contributed by atoms with E-state index in [0.717, 1.165) is 103 Å². The number of hydrogen-bond donors (Lipinski definition) is 0. The summed E-state index contributed by atoms with van der Waals surface area (Å²) in [6, 6.07) is 32.4. The van der Waals surface area contributed by atoms with E-state index in [1.165, 1.54) is 0 Å². The van der Waals surface area contributed by atoms with E-state index < -0.39 is 13.8 Å². The summed E-state index contributed by atoms with van der Waals surface area (Å²) in [4.78, 5) is 42.4. The van der Waals surface area contributed by atoms with Crippen LogP contribution in [0.15, 0.2) is 138 Å². The number of anilines is 2. The van der Waals surface area contributed by atoms with Gasteiger partial charge in [-0.1, -0.05) is 49.9 Å². The number of Topliss-reactive ketones (excluding diaryl/α,β-unsaturated/α-hetero) is 1. The fourth-order valence-electron chi connectivity index (χ4n) is 8.98. The van der Waals surface area contributed by atoms with Crippen molar-refractivity contribution >= 4 is 43.2 Å². The number of aliphatic imine (C=N–C) groups is 1. The predicted molar refractivity (Wildman–Crippen MR) is 277 cm³/mol. The summed E-state index contributed by atoms with van der Waals surface area (Å²) in [5.74, 6) is 5.51. The summed E-state index contributed by atoms with van der Waals surface area (Å²) >= 11 is 0. The van der Waals surface area contributed by atoms with E-state index in [1.807, 2.05) is 85.1 Å². The van der Waals surface area contributed by atoms with Crippen molar-refractivity contribution in [2.24, 2.45) is 9.65 Å². The Morgan fingerprint density at radius 1 is 0.686 bits per heavy atom. The number of rotatable bonds is 5. The minimum atomic E-state index is -1.21. The highest BCUT2D eigenvalue weighted by atomic mass is 28.3. The average Bonchev–Trinajstić information content (AvgIpc) is 3.37. The van der Waals surface area contributed by atoms with Crippen molar-refractivity contribution < 1.29 is 14.3 Å². The Kier molecular flexibility index (Phi) is 15.4. The van der Waals surface area contributed by atoms with E-state index in [9.17, 15) is 10.1 Å². The zero-order chi connectivity index (χ0) is 48.4. The van der Waals surface area contributed by atoms with Crippen molar-refractivity contribution in [2.45, 2.75) is 76.8 Å². The van der Waals surface area contributed by atoms with Gasteiger partial charge >= 0.3 is 0 Å². The van der Waals surface area contributed by atoms with Gasteiger partial charge in [-0.2, -0.15) is 15.5 Å². The van der Waals surface area contributed by atoms with E-state index >= 15 is 0 Å². The van der Waals surface area contributed by atoms with Crippen molar-refractivity contribution in [3.63, 3.8) is 0 Å². The molecular formula is C55H55N11O3Si. The highest BCUT2D eigenvalue weighted by molar-refractivity contribution is 6.75. The maximum absolute atomic E-state index is 13.0. The van der Waals surface area contributed by atoms with Crippen molar-refractivity contribution in [3.05, 3.63) is 157 Å². The molecule has 0 radical (unpaired) electrons. The Balaban J connectivity index is 0.000000180. The molecule has 6 heterocycles. The van der Waals surface area contributed by atoms with Gasteiger partial charge in [0.1, 0.15) is 22.7 Å². The molecule has 10 rings (SSSR count). The Morgan fingerprint density at radius 3 is 1.69 bits per heavy atom. The van der Waals surface area contributed by atoms with Gasteiger partial charge in [0.25, 0.3) is 0 Å². The molecule has 6 aromatic rings. The standard InChI is InChI=1S/C25H20N6O.C24H20N4O2.C5H11NSi.CH4/c1-27-20-5-2-4-18(14-20)19-6-7-23-21(15-19)22(30-17-26)16-25(32-23)8-12-31(13-9-25)24-28-10-3-11-29-24;25-16-17-3-1-4-18(13-17)19-5-6-22-20(14-19)21(29)15-24(30-22)7-11-28(12-8-24)23-26-9-2-10-27-23;1-5-6-7(2,3)4;/h2-7,10-11,14-15H,8-9,12-13,16H2;1-6,9-10,13-14H,7-8,11-12,15H2;1H2,2-4H3;1H4. The maximum Gasteiger partial charge on any atom is 0.225 e. The zero-order valence-electron chi connectivity index (χ0n) is 39.0. The molecule has 0 amide bonds.